The van der Waals surface area contributed by atoms with E-state index in [2.05, 4.69) is 70.0 Å². The lowest BCUT2D eigenvalue weighted by atomic mass is 10.2. The highest BCUT2D eigenvalue weighted by Gasteiger charge is 2.11. The normalized spacial score (nSPS) is 10.9. The van der Waals surface area contributed by atoms with E-state index in [1.54, 1.807) is 12.1 Å². The van der Waals surface area contributed by atoms with Gasteiger partial charge in [-0.05, 0) is 102 Å². The highest BCUT2D eigenvalue weighted by atomic mass is 127. The maximum absolute atomic E-state index is 12.1. The van der Waals surface area contributed by atoms with Crippen LogP contribution in [0.3, 0.4) is 0 Å². The molecule has 148 valence electrons. The highest BCUT2D eigenvalue weighted by molar-refractivity contribution is 14.1. The van der Waals surface area contributed by atoms with Gasteiger partial charge in [-0.15, -0.1) is 0 Å². The standard InChI is InChI=1S/C20H13Br2ClIN3O2/c21-16-8-13(10-26-27-20(28)15-2-1-7-25-19(15)23)9-17(22)18(16)29-11-12-3-5-14(24)6-4-12/h1-10H,11H2,(H,27,28). The second-order valence-electron chi connectivity index (χ2n) is 5.77. The van der Waals surface area contributed by atoms with Crippen LogP contribution >= 0.6 is 66.1 Å². The van der Waals surface area contributed by atoms with Gasteiger partial charge in [-0.3, -0.25) is 4.79 Å². The SMILES string of the molecule is O=C(NN=Cc1cc(Br)c(OCc2ccc(I)cc2)c(Br)c1)c1cccnc1Cl. The fourth-order valence-electron chi connectivity index (χ4n) is 2.31. The zero-order valence-corrected chi connectivity index (χ0v) is 20.8. The van der Waals surface area contributed by atoms with Gasteiger partial charge < -0.3 is 4.74 Å². The van der Waals surface area contributed by atoms with Gasteiger partial charge in [0.25, 0.3) is 5.91 Å². The van der Waals surface area contributed by atoms with E-state index in [0.717, 1.165) is 20.1 Å². The van der Waals surface area contributed by atoms with Crippen LogP contribution in [0.25, 0.3) is 0 Å². The summed E-state index contributed by atoms with van der Waals surface area (Å²) in [7, 11) is 0. The lowest BCUT2D eigenvalue weighted by molar-refractivity contribution is 0.0955. The third-order valence-electron chi connectivity index (χ3n) is 3.70. The maximum Gasteiger partial charge on any atom is 0.274 e. The Bertz CT molecular complexity index is 1040. The van der Waals surface area contributed by atoms with E-state index in [9.17, 15) is 4.79 Å². The minimum Gasteiger partial charge on any atom is -0.487 e. The number of hydrogen-bond donors (Lipinski definition) is 1. The molecule has 0 saturated carbocycles. The van der Waals surface area contributed by atoms with Gasteiger partial charge in [0, 0.05) is 9.77 Å². The van der Waals surface area contributed by atoms with Crippen molar-refractivity contribution in [3.63, 3.8) is 0 Å². The molecule has 0 radical (unpaired) electrons. The Morgan fingerprint density at radius 2 is 1.90 bits per heavy atom. The first-order chi connectivity index (χ1) is 13.9. The van der Waals surface area contributed by atoms with Crippen LogP contribution in [-0.2, 0) is 6.61 Å². The van der Waals surface area contributed by atoms with E-state index >= 15 is 0 Å². The van der Waals surface area contributed by atoms with Crippen LogP contribution in [0.2, 0.25) is 5.15 Å². The van der Waals surface area contributed by atoms with E-state index in [1.165, 1.54) is 16.0 Å². The maximum atomic E-state index is 12.1. The summed E-state index contributed by atoms with van der Waals surface area (Å²) < 4.78 is 8.63. The number of hydrogen-bond acceptors (Lipinski definition) is 4. The number of aromatic nitrogens is 1. The van der Waals surface area contributed by atoms with E-state index in [4.69, 9.17) is 16.3 Å². The van der Waals surface area contributed by atoms with E-state index in [0.29, 0.717) is 12.4 Å². The lowest BCUT2D eigenvalue weighted by Crippen LogP contribution is -2.18. The number of carbonyl (C=O) groups excluding carboxylic acids is 1. The Balaban J connectivity index is 1.65. The summed E-state index contributed by atoms with van der Waals surface area (Å²) >= 11 is 15.2. The number of amides is 1. The topological polar surface area (TPSA) is 63.6 Å². The van der Waals surface area contributed by atoms with Gasteiger partial charge in [-0.25, -0.2) is 10.4 Å². The number of nitrogens with one attached hydrogen (secondary N) is 1. The Kier molecular flexibility index (Phi) is 8.05. The largest absolute Gasteiger partial charge is 0.487 e. The van der Waals surface area contributed by atoms with Crippen molar-refractivity contribution in [3.05, 3.63) is 89.1 Å². The summed E-state index contributed by atoms with van der Waals surface area (Å²) in [5.74, 6) is 0.252. The van der Waals surface area contributed by atoms with Gasteiger partial charge in [0.05, 0.1) is 20.7 Å². The third-order valence-corrected chi connectivity index (χ3v) is 5.90. The molecular weight excluding hydrogens is 636 g/mol. The minimum atomic E-state index is -0.435. The van der Waals surface area contributed by atoms with Crippen LogP contribution in [-0.4, -0.2) is 17.1 Å². The molecule has 0 saturated heterocycles. The van der Waals surface area contributed by atoms with Gasteiger partial charge >= 0.3 is 0 Å². The van der Waals surface area contributed by atoms with E-state index < -0.39 is 5.91 Å². The molecule has 0 fully saturated rings. The van der Waals surface area contributed by atoms with E-state index in [1.807, 2.05) is 36.4 Å². The second kappa shape index (κ2) is 10.5. The summed E-state index contributed by atoms with van der Waals surface area (Å²) in [5.41, 5.74) is 4.54. The van der Waals surface area contributed by atoms with Crippen molar-refractivity contribution in [2.45, 2.75) is 6.61 Å². The summed E-state index contributed by atoms with van der Waals surface area (Å²) in [6.45, 7) is 0.448. The highest BCUT2D eigenvalue weighted by Crippen LogP contribution is 2.35. The molecule has 0 aliphatic carbocycles. The number of benzene rings is 2. The molecule has 0 unspecified atom stereocenters. The predicted octanol–water partition coefficient (Wildman–Crippen LogP) is 6.21. The van der Waals surface area contributed by atoms with Crippen LogP contribution in [0.4, 0.5) is 0 Å². The number of halogens is 4. The van der Waals surface area contributed by atoms with Gasteiger partial charge in [0.15, 0.2) is 0 Å². The molecular formula is C20H13Br2ClIN3O2. The van der Waals surface area contributed by atoms with Gasteiger partial charge in [0.1, 0.15) is 17.5 Å². The molecule has 3 aromatic rings. The average molecular weight is 650 g/mol. The molecule has 29 heavy (non-hydrogen) atoms. The van der Waals surface area contributed by atoms with Crippen LogP contribution in [0.15, 0.2) is 68.8 Å². The Hall–Kier alpha value is -1.49. The Morgan fingerprint density at radius 3 is 2.55 bits per heavy atom. The zero-order chi connectivity index (χ0) is 20.8. The summed E-state index contributed by atoms with van der Waals surface area (Å²) in [5, 5.41) is 4.10. The first-order valence-corrected chi connectivity index (χ1v) is 11.3. The summed E-state index contributed by atoms with van der Waals surface area (Å²) in [6, 6.07) is 15.0. The lowest BCUT2D eigenvalue weighted by Gasteiger charge is -2.11. The number of hydrazone groups is 1. The first-order valence-electron chi connectivity index (χ1n) is 8.24. The first kappa shape index (κ1) is 22.2. The van der Waals surface area contributed by atoms with Crippen molar-refractivity contribution < 1.29 is 9.53 Å². The average Bonchev–Trinajstić information content (AvgIpc) is 2.69. The smallest absolute Gasteiger partial charge is 0.274 e. The third kappa shape index (κ3) is 6.24. The predicted molar refractivity (Wildman–Crippen MR) is 130 cm³/mol. The van der Waals surface area contributed by atoms with Crippen LogP contribution < -0.4 is 10.2 Å². The molecule has 0 spiro atoms. The van der Waals surface area contributed by atoms with Crippen LogP contribution in [0.1, 0.15) is 21.5 Å². The van der Waals surface area contributed by atoms with Crippen molar-refractivity contribution in [2.75, 3.05) is 0 Å². The van der Waals surface area contributed by atoms with Crippen molar-refractivity contribution >= 4 is 78.2 Å². The fourth-order valence-corrected chi connectivity index (χ4v) is 4.32. The number of ether oxygens (including phenoxy) is 1. The van der Waals surface area contributed by atoms with Crippen molar-refractivity contribution in [1.82, 2.24) is 10.4 Å². The number of rotatable bonds is 6. The molecule has 2 aromatic carbocycles. The van der Waals surface area contributed by atoms with Crippen molar-refractivity contribution in [2.24, 2.45) is 5.10 Å². The number of carbonyl (C=O) groups is 1. The molecule has 0 atom stereocenters. The number of nitrogens with zero attached hydrogens (tertiary/aromatic N) is 2. The van der Waals surface area contributed by atoms with Crippen molar-refractivity contribution in [3.8, 4) is 5.75 Å². The molecule has 9 heteroatoms. The van der Waals surface area contributed by atoms with Crippen LogP contribution in [0, 0.1) is 3.57 Å². The monoisotopic (exact) mass is 647 g/mol. The quantitative estimate of drug-likeness (QED) is 0.150. The molecule has 1 N–H and O–H groups in total. The fraction of sp³-hybridized carbons (Fsp3) is 0.0500. The zero-order valence-electron chi connectivity index (χ0n) is 14.7. The van der Waals surface area contributed by atoms with Crippen molar-refractivity contribution in [1.29, 1.82) is 0 Å². The summed E-state index contributed by atoms with van der Waals surface area (Å²) in [6.07, 6.45) is 3.04. The molecule has 5 nitrogen and oxygen atoms in total. The Morgan fingerprint density at radius 1 is 1.21 bits per heavy atom. The molecule has 1 amide bonds. The van der Waals surface area contributed by atoms with Crippen LogP contribution in [0.5, 0.6) is 5.75 Å². The molecule has 1 aromatic heterocycles. The minimum absolute atomic E-state index is 0.125. The Labute approximate surface area is 203 Å². The van der Waals surface area contributed by atoms with E-state index in [-0.39, 0.29) is 10.7 Å². The molecule has 0 aliphatic rings. The second-order valence-corrected chi connectivity index (χ2v) is 9.08. The van der Waals surface area contributed by atoms with Gasteiger partial charge in [-0.1, -0.05) is 23.7 Å². The van der Waals surface area contributed by atoms with Gasteiger partial charge in [0.2, 0.25) is 0 Å². The molecule has 0 bridgehead atoms. The van der Waals surface area contributed by atoms with Gasteiger partial charge in [-0.2, -0.15) is 5.10 Å². The molecule has 1 heterocycles. The summed E-state index contributed by atoms with van der Waals surface area (Å²) in [4.78, 5) is 16.0. The molecule has 3 rings (SSSR count). The number of pyridine rings is 1. The molecule has 0 aliphatic heterocycles.